The number of benzene rings is 1. The van der Waals surface area contributed by atoms with Gasteiger partial charge in [-0.3, -0.25) is 19.3 Å². The van der Waals surface area contributed by atoms with Crippen molar-refractivity contribution < 1.29 is 19.5 Å². The van der Waals surface area contributed by atoms with Gasteiger partial charge < -0.3 is 10.4 Å². The molecule has 0 spiro atoms. The summed E-state index contributed by atoms with van der Waals surface area (Å²) >= 11 is 0. The fraction of sp³-hybridized carbons (Fsp3) is 0.267. The number of hydrogen-bond donors (Lipinski definition) is 2. The summed E-state index contributed by atoms with van der Waals surface area (Å²) < 4.78 is 0. The molecule has 108 valence electrons. The zero-order valence-electron chi connectivity index (χ0n) is 11.4. The molecule has 6 nitrogen and oxygen atoms in total. The van der Waals surface area contributed by atoms with Crippen LogP contribution in [0.15, 0.2) is 24.3 Å². The molecule has 1 saturated heterocycles. The number of nitrogens with one attached hydrogen (secondary N) is 1. The molecule has 3 amide bonds. The number of hydrogen-bond acceptors (Lipinski definition) is 4. The van der Waals surface area contributed by atoms with Crippen LogP contribution in [0.3, 0.4) is 0 Å². The van der Waals surface area contributed by atoms with Gasteiger partial charge in [0.2, 0.25) is 5.91 Å². The summed E-state index contributed by atoms with van der Waals surface area (Å²) in [6, 6.07) is 5.69. The highest BCUT2D eigenvalue weighted by Gasteiger charge is 2.36. The van der Waals surface area contributed by atoms with E-state index in [4.69, 9.17) is 5.11 Å². The average Bonchev–Trinajstić information content (AvgIpc) is 2.72. The first-order chi connectivity index (χ1) is 10.0. The van der Waals surface area contributed by atoms with Crippen LogP contribution in [0.4, 0.5) is 0 Å². The van der Waals surface area contributed by atoms with Gasteiger partial charge in [0.1, 0.15) is 12.6 Å². The zero-order chi connectivity index (χ0) is 15.4. The Morgan fingerprint density at radius 2 is 2.24 bits per heavy atom. The summed E-state index contributed by atoms with van der Waals surface area (Å²) in [7, 11) is 1.39. The van der Waals surface area contributed by atoms with Gasteiger partial charge in [-0.1, -0.05) is 17.9 Å². The second-order valence-electron chi connectivity index (χ2n) is 4.56. The minimum Gasteiger partial charge on any atom is -0.384 e. The van der Waals surface area contributed by atoms with Gasteiger partial charge in [-0.2, -0.15) is 0 Å². The van der Waals surface area contributed by atoms with Crippen LogP contribution in [-0.4, -0.2) is 47.4 Å². The van der Waals surface area contributed by atoms with Crippen LogP contribution in [0.5, 0.6) is 0 Å². The minimum absolute atomic E-state index is 0.0227. The molecule has 0 aliphatic carbocycles. The van der Waals surface area contributed by atoms with Crippen molar-refractivity contribution in [3.8, 4) is 11.8 Å². The van der Waals surface area contributed by atoms with Crippen molar-refractivity contribution in [1.29, 1.82) is 0 Å². The van der Waals surface area contributed by atoms with Crippen LogP contribution < -0.4 is 5.32 Å². The number of imide groups is 1. The topological polar surface area (TPSA) is 86.7 Å². The SMILES string of the molecule is CN1C(=O)CC(NC(=O)c2cccc(C#CCO)c2)C1=O. The Labute approximate surface area is 121 Å². The summed E-state index contributed by atoms with van der Waals surface area (Å²) in [4.78, 5) is 36.2. The number of nitrogens with zero attached hydrogens (tertiary/aromatic N) is 1. The summed E-state index contributed by atoms with van der Waals surface area (Å²) in [5.41, 5.74) is 0.928. The highest BCUT2D eigenvalue weighted by Crippen LogP contribution is 2.12. The van der Waals surface area contributed by atoms with Crippen LogP contribution in [0.25, 0.3) is 0 Å². The first kappa shape index (κ1) is 14.8. The first-order valence-corrected chi connectivity index (χ1v) is 6.34. The molecule has 2 N–H and O–H groups in total. The first-order valence-electron chi connectivity index (χ1n) is 6.34. The fourth-order valence-corrected chi connectivity index (χ4v) is 1.99. The molecule has 1 aliphatic heterocycles. The zero-order valence-corrected chi connectivity index (χ0v) is 11.4. The number of aliphatic hydroxyl groups is 1. The van der Waals surface area contributed by atoms with E-state index in [1.165, 1.54) is 7.05 Å². The van der Waals surface area contributed by atoms with Crippen molar-refractivity contribution >= 4 is 17.7 Å². The Kier molecular flexibility index (Phi) is 4.36. The van der Waals surface area contributed by atoms with E-state index in [9.17, 15) is 14.4 Å². The fourth-order valence-electron chi connectivity index (χ4n) is 1.99. The van der Waals surface area contributed by atoms with Crippen molar-refractivity contribution in [2.24, 2.45) is 0 Å². The highest BCUT2D eigenvalue weighted by atomic mass is 16.2. The lowest BCUT2D eigenvalue weighted by atomic mass is 10.1. The third-order valence-electron chi connectivity index (χ3n) is 3.12. The third kappa shape index (κ3) is 3.27. The van der Waals surface area contributed by atoms with E-state index in [0.717, 1.165) is 4.90 Å². The summed E-state index contributed by atoms with van der Waals surface area (Å²) in [5, 5.41) is 11.2. The molecule has 2 rings (SSSR count). The molecule has 1 aromatic carbocycles. The van der Waals surface area contributed by atoms with E-state index < -0.39 is 17.9 Å². The molecule has 0 bridgehead atoms. The van der Waals surface area contributed by atoms with Crippen molar-refractivity contribution in [3.05, 3.63) is 35.4 Å². The van der Waals surface area contributed by atoms with E-state index >= 15 is 0 Å². The minimum atomic E-state index is -0.817. The number of likely N-dealkylation sites (N-methyl/N-ethyl adjacent to an activating group) is 1. The lowest BCUT2D eigenvalue weighted by Gasteiger charge is -2.11. The van der Waals surface area contributed by atoms with Crippen molar-refractivity contribution in [1.82, 2.24) is 10.2 Å². The second kappa shape index (κ2) is 6.20. The largest absolute Gasteiger partial charge is 0.384 e. The van der Waals surface area contributed by atoms with Crippen LogP contribution in [0.2, 0.25) is 0 Å². The summed E-state index contributed by atoms with van der Waals surface area (Å²) in [6.07, 6.45) is -0.0227. The molecular formula is C15H14N2O4. The Balaban J connectivity index is 2.11. The van der Waals surface area contributed by atoms with Crippen molar-refractivity contribution in [2.75, 3.05) is 13.7 Å². The number of carbonyl (C=O) groups is 3. The molecule has 1 aliphatic rings. The number of likely N-dealkylation sites (tertiary alicyclic amines) is 1. The number of aliphatic hydroxyl groups excluding tert-OH is 1. The monoisotopic (exact) mass is 286 g/mol. The van der Waals surface area contributed by atoms with E-state index in [0.29, 0.717) is 11.1 Å². The van der Waals surface area contributed by atoms with Crippen LogP contribution >= 0.6 is 0 Å². The van der Waals surface area contributed by atoms with Crippen LogP contribution in [-0.2, 0) is 9.59 Å². The quantitative estimate of drug-likeness (QED) is 0.568. The number of rotatable bonds is 2. The normalized spacial score (nSPS) is 17.4. The van der Waals surface area contributed by atoms with Gasteiger partial charge in [-0.15, -0.1) is 0 Å². The van der Waals surface area contributed by atoms with Gasteiger partial charge in [0.25, 0.3) is 11.8 Å². The molecule has 1 fully saturated rings. The molecule has 1 heterocycles. The predicted octanol–water partition coefficient (Wildman–Crippen LogP) is -0.483. The van der Waals surface area contributed by atoms with E-state index in [-0.39, 0.29) is 18.9 Å². The molecule has 1 atom stereocenters. The third-order valence-corrected chi connectivity index (χ3v) is 3.12. The summed E-state index contributed by atoms with van der Waals surface area (Å²) in [5.74, 6) is 4.02. The van der Waals surface area contributed by atoms with Gasteiger partial charge in [-0.05, 0) is 18.2 Å². The molecule has 6 heteroatoms. The van der Waals surface area contributed by atoms with Crippen LogP contribution in [0.1, 0.15) is 22.3 Å². The van der Waals surface area contributed by atoms with E-state index in [2.05, 4.69) is 17.2 Å². The Hall–Kier alpha value is -2.65. The Morgan fingerprint density at radius 3 is 2.86 bits per heavy atom. The van der Waals surface area contributed by atoms with Gasteiger partial charge in [-0.25, -0.2) is 0 Å². The van der Waals surface area contributed by atoms with Crippen molar-refractivity contribution in [3.63, 3.8) is 0 Å². The number of carbonyl (C=O) groups excluding carboxylic acids is 3. The predicted molar refractivity (Wildman–Crippen MR) is 74.1 cm³/mol. The maximum atomic E-state index is 12.1. The molecule has 0 saturated carbocycles. The summed E-state index contributed by atoms with van der Waals surface area (Å²) in [6.45, 7) is -0.262. The van der Waals surface area contributed by atoms with E-state index in [1.54, 1.807) is 24.3 Å². The molecule has 21 heavy (non-hydrogen) atoms. The standard InChI is InChI=1S/C15H14N2O4/c1-17-13(19)9-12(15(17)21)16-14(20)11-6-2-4-10(8-11)5-3-7-18/h2,4,6,8,12,18H,7,9H2,1H3,(H,16,20). The molecular weight excluding hydrogens is 272 g/mol. The smallest absolute Gasteiger partial charge is 0.252 e. The van der Waals surface area contributed by atoms with Gasteiger partial charge in [0, 0.05) is 18.2 Å². The number of amides is 3. The lowest BCUT2D eigenvalue weighted by Crippen LogP contribution is -2.40. The molecule has 0 aromatic heterocycles. The lowest BCUT2D eigenvalue weighted by molar-refractivity contribution is -0.137. The van der Waals surface area contributed by atoms with Gasteiger partial charge >= 0.3 is 0 Å². The Morgan fingerprint density at radius 1 is 1.48 bits per heavy atom. The molecule has 0 radical (unpaired) electrons. The maximum Gasteiger partial charge on any atom is 0.252 e. The molecule has 1 unspecified atom stereocenters. The van der Waals surface area contributed by atoms with Crippen LogP contribution in [0, 0.1) is 11.8 Å². The van der Waals surface area contributed by atoms with E-state index in [1.807, 2.05) is 0 Å². The average molecular weight is 286 g/mol. The van der Waals surface area contributed by atoms with Gasteiger partial charge in [0.15, 0.2) is 0 Å². The molecule has 1 aromatic rings. The maximum absolute atomic E-state index is 12.1. The second-order valence-corrected chi connectivity index (χ2v) is 4.56. The van der Waals surface area contributed by atoms with Gasteiger partial charge in [0.05, 0.1) is 6.42 Å². The highest BCUT2D eigenvalue weighted by molar-refractivity contribution is 6.08. The van der Waals surface area contributed by atoms with Crippen molar-refractivity contribution in [2.45, 2.75) is 12.5 Å². The Bertz CT molecular complexity index is 657.